The maximum Gasteiger partial charge on any atom is 0.416 e. The molecule has 208 valence electrons. The van der Waals surface area contributed by atoms with Crippen molar-refractivity contribution in [3.05, 3.63) is 111 Å². The molecule has 0 bridgehead atoms. The zero-order valence-electron chi connectivity index (χ0n) is 21.7. The number of allylic oxidation sites excluding steroid dienone is 1. The van der Waals surface area contributed by atoms with Gasteiger partial charge >= 0.3 is 12.1 Å². The minimum Gasteiger partial charge on any atom is -0.478 e. The van der Waals surface area contributed by atoms with E-state index in [2.05, 4.69) is 11.0 Å². The number of aryl methyl sites for hydroxylation is 1. The molecule has 1 aliphatic carbocycles. The van der Waals surface area contributed by atoms with E-state index in [1.54, 1.807) is 12.1 Å². The largest absolute Gasteiger partial charge is 0.478 e. The Kier molecular flexibility index (Phi) is 7.90. The molecule has 3 aromatic rings. The number of aromatic carboxylic acids is 1. The Morgan fingerprint density at radius 3 is 2.33 bits per heavy atom. The normalized spacial score (nSPS) is 15.9. The lowest BCUT2D eigenvalue weighted by atomic mass is 9.86. The zero-order valence-corrected chi connectivity index (χ0v) is 21.7. The molecule has 1 saturated heterocycles. The van der Waals surface area contributed by atoms with Crippen molar-refractivity contribution in [1.82, 2.24) is 4.90 Å². The predicted molar refractivity (Wildman–Crippen MR) is 145 cm³/mol. The molecule has 1 aliphatic heterocycles. The molecule has 3 aromatic carbocycles. The Balaban J connectivity index is 1.57. The van der Waals surface area contributed by atoms with Crippen LogP contribution in [0, 0.1) is 5.82 Å². The summed E-state index contributed by atoms with van der Waals surface area (Å²) >= 11 is 0. The van der Waals surface area contributed by atoms with Crippen molar-refractivity contribution in [2.75, 3.05) is 26.3 Å². The minimum absolute atomic E-state index is 0.104. The highest BCUT2D eigenvalue weighted by molar-refractivity contribution is 6.01. The molecular weight excluding hydrogens is 525 g/mol. The summed E-state index contributed by atoms with van der Waals surface area (Å²) in [6, 6.07) is 15.1. The molecule has 0 unspecified atom stereocenters. The van der Waals surface area contributed by atoms with Crippen molar-refractivity contribution >= 4 is 23.2 Å². The summed E-state index contributed by atoms with van der Waals surface area (Å²) in [6.07, 6.45) is -0.507. The first-order valence-corrected chi connectivity index (χ1v) is 13.2. The zero-order chi connectivity index (χ0) is 28.4. The molecule has 0 spiro atoms. The number of benzene rings is 3. The third-order valence-electron chi connectivity index (χ3n) is 7.45. The van der Waals surface area contributed by atoms with Gasteiger partial charge in [-0.05, 0) is 88.9 Å². The van der Waals surface area contributed by atoms with E-state index in [9.17, 15) is 27.5 Å². The summed E-state index contributed by atoms with van der Waals surface area (Å²) in [5, 5.41) is 9.51. The van der Waals surface area contributed by atoms with Crippen LogP contribution in [0.25, 0.3) is 17.2 Å². The van der Waals surface area contributed by atoms with Gasteiger partial charge in [-0.2, -0.15) is 13.2 Å². The van der Waals surface area contributed by atoms with E-state index in [0.29, 0.717) is 42.9 Å². The second-order valence-electron chi connectivity index (χ2n) is 10.3. The number of halogens is 5. The van der Waals surface area contributed by atoms with E-state index in [-0.39, 0.29) is 17.8 Å². The van der Waals surface area contributed by atoms with Gasteiger partial charge in [0.15, 0.2) is 0 Å². The van der Waals surface area contributed by atoms with Crippen LogP contribution in [0.15, 0.2) is 66.2 Å². The summed E-state index contributed by atoms with van der Waals surface area (Å²) in [7, 11) is 0. The number of carboxylic acid groups (broad SMARTS) is 1. The smallest absolute Gasteiger partial charge is 0.416 e. The fourth-order valence-corrected chi connectivity index (χ4v) is 5.50. The maximum absolute atomic E-state index is 15.3. The van der Waals surface area contributed by atoms with Crippen molar-refractivity contribution in [2.24, 2.45) is 0 Å². The summed E-state index contributed by atoms with van der Waals surface area (Å²) in [6.45, 7) is 1.99. The molecule has 2 aliphatic rings. The van der Waals surface area contributed by atoms with Gasteiger partial charge < -0.3 is 5.11 Å². The Hall–Kier alpha value is -3.78. The number of nitrogens with zero attached hydrogens (tertiary/aromatic N) is 1. The number of hydrogen-bond acceptors (Lipinski definition) is 2. The molecule has 5 rings (SSSR count). The Labute approximate surface area is 229 Å². The quantitative estimate of drug-likeness (QED) is 0.303. The molecule has 0 aromatic heterocycles. The van der Waals surface area contributed by atoms with Crippen LogP contribution in [0.2, 0.25) is 0 Å². The van der Waals surface area contributed by atoms with E-state index in [1.165, 1.54) is 17.7 Å². The molecule has 1 fully saturated rings. The lowest BCUT2D eigenvalue weighted by Crippen LogP contribution is -2.40. The number of carboxylic acids is 1. The summed E-state index contributed by atoms with van der Waals surface area (Å²) < 4.78 is 67.4. The van der Waals surface area contributed by atoms with E-state index < -0.39 is 23.5 Å². The van der Waals surface area contributed by atoms with Crippen LogP contribution >= 0.6 is 0 Å². The van der Waals surface area contributed by atoms with Gasteiger partial charge in [0.25, 0.3) is 0 Å². The number of likely N-dealkylation sites (tertiary alicyclic amines) is 1. The molecule has 1 N–H and O–H groups in total. The first-order valence-electron chi connectivity index (χ1n) is 13.2. The van der Waals surface area contributed by atoms with Gasteiger partial charge in [0.2, 0.25) is 0 Å². The van der Waals surface area contributed by atoms with E-state index in [4.69, 9.17) is 0 Å². The van der Waals surface area contributed by atoms with Crippen LogP contribution in [0.1, 0.15) is 63.0 Å². The van der Waals surface area contributed by atoms with Gasteiger partial charge in [-0.1, -0.05) is 42.5 Å². The fraction of sp³-hybridized carbons (Fsp3) is 0.281. The van der Waals surface area contributed by atoms with Crippen molar-refractivity contribution in [1.29, 1.82) is 0 Å². The number of hydrogen-bond donors (Lipinski definition) is 1. The Bertz CT molecular complexity index is 1480. The summed E-state index contributed by atoms with van der Waals surface area (Å²) in [4.78, 5) is 13.8. The van der Waals surface area contributed by atoms with Crippen LogP contribution in [-0.4, -0.2) is 42.3 Å². The van der Waals surface area contributed by atoms with E-state index in [1.807, 2.05) is 24.3 Å². The molecule has 0 amide bonds. The Morgan fingerprint density at radius 1 is 0.950 bits per heavy atom. The van der Waals surface area contributed by atoms with Crippen LogP contribution in [0.3, 0.4) is 0 Å². The van der Waals surface area contributed by atoms with Crippen molar-refractivity contribution < 1.29 is 31.9 Å². The van der Waals surface area contributed by atoms with Gasteiger partial charge in [-0.3, -0.25) is 9.29 Å². The molecule has 0 saturated carbocycles. The van der Waals surface area contributed by atoms with Gasteiger partial charge in [-0.25, -0.2) is 9.18 Å². The molecular formula is C32H28F5NO2. The van der Waals surface area contributed by atoms with Crippen LogP contribution < -0.4 is 0 Å². The number of fused-ring (bicyclic) bond motifs is 1. The fourth-order valence-electron chi connectivity index (χ4n) is 5.50. The number of rotatable bonds is 7. The average molecular weight is 554 g/mol. The second kappa shape index (κ2) is 11.4. The highest BCUT2D eigenvalue weighted by atomic mass is 19.4. The average Bonchev–Trinajstić information content (AvgIpc) is 3.08. The second-order valence-corrected chi connectivity index (χ2v) is 10.3. The maximum atomic E-state index is 15.3. The minimum atomic E-state index is -4.66. The van der Waals surface area contributed by atoms with Gasteiger partial charge in [0.1, 0.15) is 5.82 Å². The van der Waals surface area contributed by atoms with Gasteiger partial charge in [0.05, 0.1) is 17.8 Å². The van der Waals surface area contributed by atoms with Crippen molar-refractivity contribution in [3.63, 3.8) is 0 Å². The lowest BCUT2D eigenvalue weighted by Gasteiger charge is -2.33. The first-order chi connectivity index (χ1) is 19.1. The molecule has 3 nitrogen and oxygen atoms in total. The first kappa shape index (κ1) is 27.8. The summed E-state index contributed by atoms with van der Waals surface area (Å²) in [5.74, 6) is -2.00. The predicted octanol–water partition coefficient (Wildman–Crippen LogP) is 7.90. The van der Waals surface area contributed by atoms with Crippen LogP contribution in [-0.2, 0) is 12.6 Å². The molecule has 0 atom stereocenters. The Morgan fingerprint density at radius 2 is 1.68 bits per heavy atom. The lowest BCUT2D eigenvalue weighted by molar-refractivity contribution is -0.137. The third kappa shape index (κ3) is 5.87. The van der Waals surface area contributed by atoms with E-state index in [0.717, 1.165) is 48.0 Å². The van der Waals surface area contributed by atoms with E-state index >= 15 is 4.39 Å². The highest BCUT2D eigenvalue weighted by Crippen LogP contribution is 2.42. The molecule has 40 heavy (non-hydrogen) atoms. The number of alkyl halides is 4. The van der Waals surface area contributed by atoms with Crippen LogP contribution in [0.5, 0.6) is 0 Å². The van der Waals surface area contributed by atoms with Crippen molar-refractivity contribution in [2.45, 2.75) is 31.9 Å². The molecule has 8 heteroatoms. The molecule has 0 radical (unpaired) electrons. The van der Waals surface area contributed by atoms with Gasteiger partial charge in [-0.15, -0.1) is 0 Å². The SMILES string of the molecule is O=C(O)c1ccc2c(c1)CCCC(c1ccc(C(F)(F)F)cc1F)=C2c1ccc(C=C2CN(CCCF)C2)cc1. The molecule has 1 heterocycles. The standard InChI is InChI=1S/C32H28F5NO2/c33-13-2-14-38-18-21(19-38)15-20-5-7-22(8-6-20)30-26-11-9-24(31(39)40)16-23(26)3-1-4-28(30)27-12-10-25(17-29(27)34)32(35,36)37/h5-12,15-17H,1-4,13-14,18-19H2,(H,39,40). The van der Waals surface area contributed by atoms with Crippen LogP contribution in [0.4, 0.5) is 22.0 Å². The topological polar surface area (TPSA) is 40.5 Å². The summed E-state index contributed by atoms with van der Waals surface area (Å²) in [5.41, 5.74) is 4.98. The third-order valence-corrected chi connectivity index (χ3v) is 7.45. The monoisotopic (exact) mass is 553 g/mol. The van der Waals surface area contributed by atoms with Crippen molar-refractivity contribution in [3.8, 4) is 0 Å². The highest BCUT2D eigenvalue weighted by Gasteiger charge is 2.32. The van der Waals surface area contributed by atoms with Gasteiger partial charge in [0, 0.05) is 25.2 Å². The number of carbonyl (C=O) groups is 1.